The molecule has 0 aliphatic heterocycles. The van der Waals surface area contributed by atoms with Crippen LogP contribution in [-0.4, -0.2) is 30.0 Å². The SMILES string of the molecule is C=C(C)Cn1c(N/N=C\c2ccccc2O)nc2c1c(=O)n(C)c(=O)n2C. The maximum atomic E-state index is 12.6. The fraction of sp³-hybridized carbons (Fsp3) is 0.222. The fourth-order valence-corrected chi connectivity index (χ4v) is 2.71. The molecule has 0 saturated carbocycles. The molecule has 140 valence electrons. The molecule has 0 atom stereocenters. The number of aromatic nitrogens is 4. The number of aryl methyl sites for hydroxylation is 1. The second kappa shape index (κ2) is 6.94. The summed E-state index contributed by atoms with van der Waals surface area (Å²) in [5.41, 5.74) is 3.74. The van der Waals surface area contributed by atoms with Gasteiger partial charge >= 0.3 is 5.69 Å². The number of nitrogens with one attached hydrogen (secondary N) is 1. The topological polar surface area (TPSA) is 106 Å². The molecular formula is C18H20N6O3. The van der Waals surface area contributed by atoms with Crippen molar-refractivity contribution in [1.82, 2.24) is 18.7 Å². The van der Waals surface area contributed by atoms with Gasteiger partial charge in [-0.15, -0.1) is 0 Å². The number of imidazole rings is 1. The molecular weight excluding hydrogens is 348 g/mol. The van der Waals surface area contributed by atoms with E-state index in [2.05, 4.69) is 22.1 Å². The van der Waals surface area contributed by atoms with E-state index in [1.165, 1.54) is 17.8 Å². The number of hydrazone groups is 1. The molecule has 0 aliphatic rings. The van der Waals surface area contributed by atoms with E-state index in [1.54, 1.807) is 35.9 Å². The summed E-state index contributed by atoms with van der Waals surface area (Å²) in [6.07, 6.45) is 1.44. The van der Waals surface area contributed by atoms with Gasteiger partial charge in [-0.3, -0.25) is 18.5 Å². The molecule has 0 bridgehead atoms. The molecule has 0 radical (unpaired) electrons. The maximum Gasteiger partial charge on any atom is 0.332 e. The molecule has 3 rings (SSSR count). The van der Waals surface area contributed by atoms with Gasteiger partial charge in [0.1, 0.15) is 5.75 Å². The number of fused-ring (bicyclic) bond motifs is 1. The average molecular weight is 368 g/mol. The summed E-state index contributed by atoms with van der Waals surface area (Å²) in [5.74, 6) is 0.382. The number of allylic oxidation sites excluding steroid dienone is 1. The van der Waals surface area contributed by atoms with Gasteiger partial charge in [-0.05, 0) is 19.1 Å². The van der Waals surface area contributed by atoms with Gasteiger partial charge in [0.2, 0.25) is 5.95 Å². The third kappa shape index (κ3) is 3.26. The molecule has 0 spiro atoms. The van der Waals surface area contributed by atoms with Crippen molar-refractivity contribution >= 4 is 23.3 Å². The number of phenolic OH excluding ortho intramolecular Hbond substituents is 1. The first kappa shape index (κ1) is 18.2. The zero-order chi connectivity index (χ0) is 19.7. The van der Waals surface area contributed by atoms with Crippen LogP contribution in [0.4, 0.5) is 5.95 Å². The lowest BCUT2D eigenvalue weighted by Gasteiger charge is -2.08. The normalized spacial score (nSPS) is 11.4. The van der Waals surface area contributed by atoms with Gasteiger partial charge in [0.25, 0.3) is 5.56 Å². The first-order valence-electron chi connectivity index (χ1n) is 8.19. The van der Waals surface area contributed by atoms with Crippen LogP contribution in [0.1, 0.15) is 12.5 Å². The Bertz CT molecular complexity index is 1180. The Morgan fingerprint density at radius 3 is 2.67 bits per heavy atom. The van der Waals surface area contributed by atoms with Crippen LogP contribution < -0.4 is 16.7 Å². The van der Waals surface area contributed by atoms with E-state index in [-0.39, 0.29) is 22.9 Å². The second-order valence-electron chi connectivity index (χ2n) is 6.29. The summed E-state index contributed by atoms with van der Waals surface area (Å²) in [7, 11) is 2.98. The highest BCUT2D eigenvalue weighted by molar-refractivity contribution is 5.83. The Hall–Kier alpha value is -3.62. The lowest BCUT2D eigenvalue weighted by atomic mass is 10.2. The molecule has 3 aromatic rings. The van der Waals surface area contributed by atoms with Crippen LogP contribution in [0.3, 0.4) is 0 Å². The quantitative estimate of drug-likeness (QED) is 0.399. The number of phenols is 1. The van der Waals surface area contributed by atoms with E-state index in [0.29, 0.717) is 12.1 Å². The average Bonchev–Trinajstić information content (AvgIpc) is 2.97. The molecule has 0 saturated heterocycles. The number of nitrogens with zero attached hydrogens (tertiary/aromatic N) is 5. The molecule has 1 aromatic carbocycles. The van der Waals surface area contributed by atoms with Crippen LogP contribution in [0.2, 0.25) is 0 Å². The van der Waals surface area contributed by atoms with Crippen molar-refractivity contribution in [2.45, 2.75) is 13.5 Å². The van der Waals surface area contributed by atoms with Crippen LogP contribution in [0.25, 0.3) is 11.2 Å². The zero-order valence-electron chi connectivity index (χ0n) is 15.3. The van der Waals surface area contributed by atoms with E-state index >= 15 is 0 Å². The summed E-state index contributed by atoms with van der Waals surface area (Å²) in [6.45, 7) is 6.04. The highest BCUT2D eigenvalue weighted by atomic mass is 16.3. The minimum Gasteiger partial charge on any atom is -0.507 e. The van der Waals surface area contributed by atoms with Crippen molar-refractivity contribution < 1.29 is 5.11 Å². The Morgan fingerprint density at radius 1 is 1.30 bits per heavy atom. The van der Waals surface area contributed by atoms with Crippen molar-refractivity contribution in [1.29, 1.82) is 0 Å². The van der Waals surface area contributed by atoms with Gasteiger partial charge in [0, 0.05) is 26.2 Å². The number of benzene rings is 1. The predicted molar refractivity (Wildman–Crippen MR) is 104 cm³/mol. The number of hydrogen-bond acceptors (Lipinski definition) is 6. The van der Waals surface area contributed by atoms with Crippen LogP contribution in [0, 0.1) is 0 Å². The summed E-state index contributed by atoms with van der Waals surface area (Å²) >= 11 is 0. The maximum absolute atomic E-state index is 12.6. The number of rotatable bonds is 5. The molecule has 9 nitrogen and oxygen atoms in total. The van der Waals surface area contributed by atoms with Crippen molar-refractivity contribution in [3.05, 3.63) is 62.8 Å². The van der Waals surface area contributed by atoms with E-state index < -0.39 is 11.2 Å². The highest BCUT2D eigenvalue weighted by Crippen LogP contribution is 2.18. The number of aromatic hydroxyl groups is 1. The third-order valence-corrected chi connectivity index (χ3v) is 4.08. The van der Waals surface area contributed by atoms with Crippen molar-refractivity contribution in [2.24, 2.45) is 19.2 Å². The van der Waals surface area contributed by atoms with Crippen LogP contribution in [0.15, 0.2) is 51.1 Å². The predicted octanol–water partition coefficient (Wildman–Crippen LogP) is 1.16. The monoisotopic (exact) mass is 368 g/mol. The first-order valence-corrected chi connectivity index (χ1v) is 8.19. The van der Waals surface area contributed by atoms with E-state index in [1.807, 2.05) is 6.92 Å². The van der Waals surface area contributed by atoms with E-state index in [0.717, 1.165) is 10.1 Å². The van der Waals surface area contributed by atoms with Gasteiger partial charge in [-0.2, -0.15) is 10.1 Å². The van der Waals surface area contributed by atoms with Crippen LogP contribution in [-0.2, 0) is 20.6 Å². The van der Waals surface area contributed by atoms with Crippen molar-refractivity contribution in [3.63, 3.8) is 0 Å². The second-order valence-corrected chi connectivity index (χ2v) is 6.29. The number of para-hydroxylation sites is 1. The summed E-state index contributed by atoms with van der Waals surface area (Å²) in [5, 5.41) is 13.9. The smallest absolute Gasteiger partial charge is 0.332 e. The summed E-state index contributed by atoms with van der Waals surface area (Å²) in [4.78, 5) is 29.1. The molecule has 0 unspecified atom stereocenters. The van der Waals surface area contributed by atoms with Crippen molar-refractivity contribution in [2.75, 3.05) is 5.43 Å². The minimum atomic E-state index is -0.461. The van der Waals surface area contributed by atoms with Gasteiger partial charge in [0.05, 0.1) is 6.21 Å². The minimum absolute atomic E-state index is 0.0924. The molecule has 27 heavy (non-hydrogen) atoms. The zero-order valence-corrected chi connectivity index (χ0v) is 15.3. The van der Waals surface area contributed by atoms with Crippen LogP contribution >= 0.6 is 0 Å². The van der Waals surface area contributed by atoms with Gasteiger partial charge in [-0.25, -0.2) is 10.2 Å². The Labute approximate surface area is 154 Å². The molecule has 0 amide bonds. The molecule has 2 N–H and O–H groups in total. The Kier molecular flexibility index (Phi) is 4.68. The lowest BCUT2D eigenvalue weighted by Crippen LogP contribution is -2.37. The van der Waals surface area contributed by atoms with Crippen molar-refractivity contribution in [3.8, 4) is 5.75 Å². The summed E-state index contributed by atoms with van der Waals surface area (Å²) in [6, 6.07) is 6.74. The molecule has 0 aliphatic carbocycles. The number of anilines is 1. The molecule has 9 heteroatoms. The lowest BCUT2D eigenvalue weighted by molar-refractivity contribution is 0.474. The highest BCUT2D eigenvalue weighted by Gasteiger charge is 2.18. The fourth-order valence-electron chi connectivity index (χ4n) is 2.71. The Morgan fingerprint density at radius 2 is 2.00 bits per heavy atom. The molecule has 2 aromatic heterocycles. The molecule has 2 heterocycles. The first-order chi connectivity index (χ1) is 12.8. The Balaban J connectivity index is 2.12. The van der Waals surface area contributed by atoms with Gasteiger partial charge < -0.3 is 5.11 Å². The molecule has 0 fully saturated rings. The van der Waals surface area contributed by atoms with Crippen LogP contribution in [0.5, 0.6) is 5.75 Å². The third-order valence-electron chi connectivity index (χ3n) is 4.08. The largest absolute Gasteiger partial charge is 0.507 e. The number of hydrogen-bond donors (Lipinski definition) is 2. The van der Waals surface area contributed by atoms with E-state index in [4.69, 9.17) is 0 Å². The van der Waals surface area contributed by atoms with Gasteiger partial charge in [-0.1, -0.05) is 24.3 Å². The van der Waals surface area contributed by atoms with Gasteiger partial charge in [0.15, 0.2) is 11.2 Å². The van der Waals surface area contributed by atoms with E-state index in [9.17, 15) is 14.7 Å². The summed E-state index contributed by atoms with van der Waals surface area (Å²) < 4.78 is 3.97. The standard InChI is InChI=1S/C18H20N6O3/c1-11(2)10-24-14-15(22(3)18(27)23(4)16(14)26)20-17(24)21-19-9-12-7-5-6-8-13(12)25/h5-9,25H,1,10H2,2-4H3,(H,20,21)/b19-9-.